The van der Waals surface area contributed by atoms with Gasteiger partial charge in [0.1, 0.15) is 5.82 Å². The molecule has 1 unspecified atom stereocenters. The Bertz CT molecular complexity index is 653. The topological polar surface area (TPSA) is 57.8 Å². The zero-order chi connectivity index (χ0) is 13.6. The van der Waals surface area contributed by atoms with Crippen LogP contribution in [0.4, 0.5) is 0 Å². The molecular weight excluding hydrogens is 266 g/mol. The van der Waals surface area contributed by atoms with Crippen molar-refractivity contribution < 1.29 is 9.90 Å². The number of nitrogens with zero attached hydrogens (tertiary/aromatic N) is 3. The maximum absolute atomic E-state index is 11.2. The predicted molar refractivity (Wildman–Crippen MR) is 72.0 cm³/mol. The Hall–Kier alpha value is -1.59. The van der Waals surface area contributed by atoms with Crippen LogP contribution in [-0.2, 0) is 0 Å². The summed E-state index contributed by atoms with van der Waals surface area (Å²) in [7, 11) is 2.07. The van der Waals surface area contributed by atoms with E-state index in [-0.39, 0.29) is 10.7 Å². The van der Waals surface area contributed by atoms with Gasteiger partial charge in [-0.3, -0.25) is 0 Å². The fourth-order valence-electron chi connectivity index (χ4n) is 2.72. The van der Waals surface area contributed by atoms with Gasteiger partial charge in [0.25, 0.3) is 0 Å². The van der Waals surface area contributed by atoms with Crippen molar-refractivity contribution in [3.8, 4) is 0 Å². The van der Waals surface area contributed by atoms with Gasteiger partial charge in [-0.1, -0.05) is 11.6 Å². The quantitative estimate of drug-likeness (QED) is 0.915. The highest BCUT2D eigenvalue weighted by Gasteiger charge is 2.27. The fraction of sp³-hybridized carbons (Fsp3) is 0.385. The molecule has 1 atom stereocenters. The van der Waals surface area contributed by atoms with E-state index in [1.807, 2.05) is 10.6 Å². The van der Waals surface area contributed by atoms with Gasteiger partial charge < -0.3 is 14.4 Å². The number of aromatic nitrogens is 2. The molecule has 1 aliphatic rings. The molecule has 1 aliphatic heterocycles. The summed E-state index contributed by atoms with van der Waals surface area (Å²) in [6.07, 6.45) is 2.84. The van der Waals surface area contributed by atoms with Crippen molar-refractivity contribution in [3.05, 3.63) is 34.9 Å². The highest BCUT2D eigenvalue weighted by atomic mass is 35.5. The highest BCUT2D eigenvalue weighted by molar-refractivity contribution is 6.33. The molecular formula is C13H14ClN3O2. The minimum Gasteiger partial charge on any atom is -0.478 e. The Morgan fingerprint density at radius 1 is 1.58 bits per heavy atom. The lowest BCUT2D eigenvalue weighted by Crippen LogP contribution is -2.14. The van der Waals surface area contributed by atoms with Crippen molar-refractivity contribution in [2.75, 3.05) is 20.1 Å². The van der Waals surface area contributed by atoms with E-state index in [2.05, 4.69) is 16.9 Å². The van der Waals surface area contributed by atoms with E-state index in [0.29, 0.717) is 11.4 Å². The maximum atomic E-state index is 11.2. The molecule has 0 saturated carbocycles. The van der Waals surface area contributed by atoms with E-state index in [1.165, 1.54) is 0 Å². The van der Waals surface area contributed by atoms with E-state index in [1.54, 1.807) is 12.1 Å². The molecule has 0 radical (unpaired) electrons. The molecule has 0 bridgehead atoms. The largest absolute Gasteiger partial charge is 0.478 e. The number of hydrogen-bond donors (Lipinski definition) is 1. The maximum Gasteiger partial charge on any atom is 0.337 e. The van der Waals surface area contributed by atoms with Crippen molar-refractivity contribution >= 4 is 23.1 Å². The Balaban J connectivity index is 2.17. The minimum absolute atomic E-state index is 0.192. The number of rotatable bonds is 2. The zero-order valence-corrected chi connectivity index (χ0v) is 11.3. The first kappa shape index (κ1) is 12.4. The summed E-state index contributed by atoms with van der Waals surface area (Å²) in [5.74, 6) is 0.170. The summed E-state index contributed by atoms with van der Waals surface area (Å²) >= 11 is 6.13. The van der Waals surface area contributed by atoms with E-state index >= 15 is 0 Å². The average molecular weight is 280 g/mol. The van der Waals surface area contributed by atoms with Crippen LogP contribution in [0.15, 0.2) is 18.3 Å². The lowest BCUT2D eigenvalue weighted by Gasteiger charge is -2.09. The van der Waals surface area contributed by atoms with Gasteiger partial charge in [-0.05, 0) is 32.1 Å². The van der Waals surface area contributed by atoms with E-state index in [4.69, 9.17) is 11.6 Å². The van der Waals surface area contributed by atoms with Crippen LogP contribution in [-0.4, -0.2) is 45.5 Å². The first-order valence-corrected chi connectivity index (χ1v) is 6.54. The Labute approximate surface area is 115 Å². The molecule has 2 aromatic heterocycles. The number of carboxylic acid groups (broad SMARTS) is 1. The van der Waals surface area contributed by atoms with Gasteiger partial charge in [0.15, 0.2) is 5.15 Å². The van der Waals surface area contributed by atoms with Gasteiger partial charge in [0.2, 0.25) is 0 Å². The van der Waals surface area contributed by atoms with Crippen LogP contribution in [0.3, 0.4) is 0 Å². The summed E-state index contributed by atoms with van der Waals surface area (Å²) < 4.78 is 1.82. The van der Waals surface area contributed by atoms with Crippen LogP contribution in [0.5, 0.6) is 0 Å². The molecule has 3 heterocycles. The molecule has 6 heteroatoms. The molecule has 100 valence electrons. The number of likely N-dealkylation sites (tertiary alicyclic amines) is 1. The molecule has 0 aliphatic carbocycles. The second-order valence-electron chi connectivity index (χ2n) is 4.95. The van der Waals surface area contributed by atoms with Gasteiger partial charge in [-0.2, -0.15) is 0 Å². The monoisotopic (exact) mass is 279 g/mol. The molecule has 5 nitrogen and oxygen atoms in total. The standard InChI is InChI=1S/C13H14ClN3O2/c1-16-6-4-8(7-16)12-15-11(14)10-9(13(18)19)3-2-5-17(10)12/h2-3,5,8H,4,6-7H2,1H3,(H,18,19). The molecule has 19 heavy (non-hydrogen) atoms. The molecule has 0 aromatic carbocycles. The number of pyridine rings is 1. The molecule has 3 rings (SSSR count). The molecule has 1 fully saturated rings. The third-order valence-corrected chi connectivity index (χ3v) is 3.90. The first-order valence-electron chi connectivity index (χ1n) is 6.16. The van der Waals surface area contributed by atoms with Gasteiger partial charge >= 0.3 is 5.97 Å². The number of likely N-dealkylation sites (N-methyl/N-ethyl adjacent to an activating group) is 1. The second kappa shape index (κ2) is 4.51. The molecule has 1 saturated heterocycles. The van der Waals surface area contributed by atoms with Crippen LogP contribution < -0.4 is 0 Å². The summed E-state index contributed by atoms with van der Waals surface area (Å²) in [6, 6.07) is 3.27. The number of aromatic carboxylic acids is 1. The molecule has 1 N–H and O–H groups in total. The van der Waals surface area contributed by atoms with Gasteiger partial charge in [-0.15, -0.1) is 0 Å². The van der Waals surface area contributed by atoms with E-state index in [9.17, 15) is 9.90 Å². The van der Waals surface area contributed by atoms with Crippen LogP contribution in [0, 0.1) is 0 Å². The third-order valence-electron chi connectivity index (χ3n) is 3.64. The molecule has 2 aromatic rings. The normalized spacial score (nSPS) is 20.2. The third kappa shape index (κ3) is 1.99. The lowest BCUT2D eigenvalue weighted by molar-refractivity contribution is 0.0698. The summed E-state index contributed by atoms with van der Waals surface area (Å²) in [4.78, 5) is 17.9. The van der Waals surface area contributed by atoms with Crippen molar-refractivity contribution in [1.82, 2.24) is 14.3 Å². The minimum atomic E-state index is -0.984. The number of carbonyl (C=O) groups is 1. The number of hydrogen-bond acceptors (Lipinski definition) is 3. The van der Waals surface area contributed by atoms with Crippen molar-refractivity contribution in [2.24, 2.45) is 0 Å². The highest BCUT2D eigenvalue weighted by Crippen LogP contribution is 2.30. The Morgan fingerprint density at radius 2 is 2.37 bits per heavy atom. The Morgan fingerprint density at radius 3 is 3.00 bits per heavy atom. The smallest absolute Gasteiger partial charge is 0.337 e. The summed E-state index contributed by atoms with van der Waals surface area (Å²) in [5, 5.41) is 9.48. The number of fused-ring (bicyclic) bond motifs is 1. The SMILES string of the molecule is CN1CCC(c2nc(Cl)c3c(C(=O)O)cccn23)C1. The predicted octanol–water partition coefficient (Wildman–Crippen LogP) is 2.10. The summed E-state index contributed by atoms with van der Waals surface area (Å²) in [5.41, 5.74) is 0.679. The van der Waals surface area contributed by atoms with Crippen molar-refractivity contribution in [3.63, 3.8) is 0 Å². The molecule has 0 spiro atoms. The van der Waals surface area contributed by atoms with Crippen molar-refractivity contribution in [2.45, 2.75) is 12.3 Å². The van der Waals surface area contributed by atoms with E-state index in [0.717, 1.165) is 25.3 Å². The fourth-order valence-corrected chi connectivity index (χ4v) is 3.00. The van der Waals surface area contributed by atoms with Crippen LogP contribution >= 0.6 is 11.6 Å². The summed E-state index contributed by atoms with van der Waals surface area (Å²) in [6.45, 7) is 1.95. The van der Waals surface area contributed by atoms with E-state index < -0.39 is 5.97 Å². The van der Waals surface area contributed by atoms with Crippen LogP contribution in [0.25, 0.3) is 5.52 Å². The first-order chi connectivity index (χ1) is 9.08. The lowest BCUT2D eigenvalue weighted by atomic mass is 10.1. The average Bonchev–Trinajstić information content (AvgIpc) is 2.94. The van der Waals surface area contributed by atoms with Crippen LogP contribution in [0.2, 0.25) is 5.15 Å². The van der Waals surface area contributed by atoms with Gasteiger partial charge in [-0.25, -0.2) is 9.78 Å². The van der Waals surface area contributed by atoms with Crippen molar-refractivity contribution in [1.29, 1.82) is 0 Å². The number of halogens is 1. The zero-order valence-electron chi connectivity index (χ0n) is 10.5. The van der Waals surface area contributed by atoms with Crippen LogP contribution in [0.1, 0.15) is 28.5 Å². The second-order valence-corrected chi connectivity index (χ2v) is 5.31. The van der Waals surface area contributed by atoms with Gasteiger partial charge in [0.05, 0.1) is 11.1 Å². The van der Waals surface area contributed by atoms with Gasteiger partial charge in [0, 0.05) is 18.7 Å². The Kier molecular flexibility index (Phi) is 2.95. The molecule has 0 amide bonds. The number of carboxylic acids is 1. The number of imidazole rings is 1.